The zero-order valence-electron chi connectivity index (χ0n) is 24.1. The monoisotopic (exact) mass is 596 g/mol. The fourth-order valence-corrected chi connectivity index (χ4v) is 5.66. The van der Waals surface area contributed by atoms with E-state index < -0.39 is 42.6 Å². The number of hydrogen-bond acceptors (Lipinski definition) is 12. The largest absolute Gasteiger partial charge is 0.493 e. The molecule has 0 spiro atoms. The third-order valence-corrected chi connectivity index (χ3v) is 7.81. The van der Waals surface area contributed by atoms with E-state index in [-0.39, 0.29) is 31.1 Å². The van der Waals surface area contributed by atoms with Crippen LogP contribution in [0.25, 0.3) is 21.9 Å². The Morgan fingerprint density at radius 3 is 2.40 bits per heavy atom. The number of carbonyl (C=O) groups excluding carboxylic acids is 2. The first-order valence-corrected chi connectivity index (χ1v) is 13.9. The van der Waals surface area contributed by atoms with Gasteiger partial charge < -0.3 is 48.1 Å². The van der Waals surface area contributed by atoms with Crippen LogP contribution in [0.15, 0.2) is 30.3 Å². The molecule has 1 fully saturated rings. The molecule has 3 heterocycles. The number of aliphatic hydroxyl groups excluding tert-OH is 2. The molecule has 3 aliphatic rings. The van der Waals surface area contributed by atoms with E-state index in [0.29, 0.717) is 56.9 Å². The van der Waals surface area contributed by atoms with Crippen molar-refractivity contribution >= 4 is 22.7 Å². The van der Waals surface area contributed by atoms with Crippen molar-refractivity contribution in [3.8, 4) is 39.9 Å². The van der Waals surface area contributed by atoms with Gasteiger partial charge in [-0.05, 0) is 48.6 Å². The van der Waals surface area contributed by atoms with Gasteiger partial charge in [-0.1, -0.05) is 13.0 Å². The van der Waals surface area contributed by atoms with Crippen LogP contribution in [0.4, 0.5) is 0 Å². The highest BCUT2D eigenvalue weighted by Crippen LogP contribution is 2.49. The molecule has 0 radical (unpaired) electrons. The quantitative estimate of drug-likeness (QED) is 0.367. The lowest BCUT2D eigenvalue weighted by atomic mass is 9.89. The minimum Gasteiger partial charge on any atom is -0.493 e. The minimum atomic E-state index is -1.55. The van der Waals surface area contributed by atoms with Gasteiger partial charge in [0.15, 0.2) is 35.2 Å². The van der Waals surface area contributed by atoms with E-state index in [0.717, 1.165) is 0 Å². The number of ether oxygens (including phenoxy) is 8. The lowest BCUT2D eigenvalue weighted by Gasteiger charge is -2.41. The number of carbonyl (C=O) groups is 2. The molecule has 12 heteroatoms. The maximum absolute atomic E-state index is 13.3. The second-order valence-corrected chi connectivity index (χ2v) is 10.5. The first kappa shape index (κ1) is 28.8. The molecule has 0 aliphatic carbocycles. The summed E-state index contributed by atoms with van der Waals surface area (Å²) in [5.41, 5.74) is 1.90. The fourth-order valence-electron chi connectivity index (χ4n) is 5.66. The molecule has 12 nitrogen and oxygen atoms in total. The fraction of sp³-hybridized carbons (Fsp3) is 0.419. The molecule has 2 N–H and O–H groups in total. The van der Waals surface area contributed by atoms with Crippen molar-refractivity contribution in [2.45, 2.75) is 64.0 Å². The summed E-state index contributed by atoms with van der Waals surface area (Å²) in [5, 5.41) is 23.0. The minimum absolute atomic E-state index is 0.0864. The summed E-state index contributed by atoms with van der Waals surface area (Å²) in [7, 11) is 3.00. The number of benzene rings is 3. The molecule has 0 saturated carbocycles. The molecule has 0 amide bonds. The van der Waals surface area contributed by atoms with E-state index in [2.05, 4.69) is 0 Å². The average Bonchev–Trinajstić information content (AvgIpc) is 3.63. The van der Waals surface area contributed by atoms with E-state index in [1.54, 1.807) is 31.2 Å². The van der Waals surface area contributed by atoms with Crippen LogP contribution in [-0.4, -0.2) is 73.9 Å². The summed E-state index contributed by atoms with van der Waals surface area (Å²) >= 11 is 0. The zero-order valence-corrected chi connectivity index (χ0v) is 24.1. The second kappa shape index (κ2) is 11.4. The van der Waals surface area contributed by atoms with Gasteiger partial charge in [-0.25, -0.2) is 4.79 Å². The molecular weight excluding hydrogens is 564 g/mol. The van der Waals surface area contributed by atoms with Gasteiger partial charge in [0.25, 0.3) is 0 Å². The Morgan fingerprint density at radius 1 is 0.953 bits per heavy atom. The molecule has 3 aliphatic heterocycles. The Bertz CT molecular complexity index is 1580. The van der Waals surface area contributed by atoms with Gasteiger partial charge in [0, 0.05) is 22.9 Å². The van der Waals surface area contributed by atoms with Crippen LogP contribution in [0.2, 0.25) is 0 Å². The highest BCUT2D eigenvalue weighted by molar-refractivity contribution is 6.14. The summed E-state index contributed by atoms with van der Waals surface area (Å²) < 4.78 is 45.4. The number of aliphatic hydroxyl groups is 2. The van der Waals surface area contributed by atoms with Gasteiger partial charge in [0.2, 0.25) is 13.1 Å². The maximum atomic E-state index is 13.3. The van der Waals surface area contributed by atoms with Crippen LogP contribution in [0, 0.1) is 0 Å². The molecule has 43 heavy (non-hydrogen) atoms. The first-order valence-electron chi connectivity index (χ1n) is 13.9. The van der Waals surface area contributed by atoms with Gasteiger partial charge in [0.1, 0.15) is 18.5 Å². The van der Waals surface area contributed by atoms with E-state index in [9.17, 15) is 19.8 Å². The van der Waals surface area contributed by atoms with Crippen LogP contribution in [0.3, 0.4) is 0 Å². The summed E-state index contributed by atoms with van der Waals surface area (Å²) in [6, 6.07) is 8.80. The van der Waals surface area contributed by atoms with Crippen LogP contribution >= 0.6 is 0 Å². The van der Waals surface area contributed by atoms with Crippen LogP contribution < -0.4 is 23.7 Å². The van der Waals surface area contributed by atoms with Crippen LogP contribution in [0.1, 0.15) is 42.6 Å². The standard InChI is InChI=1S/C31H32O12/c1-5-6-23(32)42-29-26(33)14(2)41-31(27(29)34)43-28-17-11-21(37-4)20(36-3)10-16(17)24(25-18(28)12-38-30(25)35)15-7-8-19-22(9-15)40-13-39-19/h7-11,14,26-27,29,31,33-34H,5-6,12-13H2,1-4H3/t14-,26-,27-,29+,31?/m1/s1. The van der Waals surface area contributed by atoms with E-state index in [1.165, 1.54) is 14.2 Å². The topological polar surface area (TPSA) is 148 Å². The smallest absolute Gasteiger partial charge is 0.339 e. The molecule has 1 saturated heterocycles. The molecule has 6 rings (SSSR count). The highest BCUT2D eigenvalue weighted by Gasteiger charge is 2.47. The molecule has 3 aromatic rings. The van der Waals surface area contributed by atoms with Gasteiger partial charge in [-0.3, -0.25) is 4.79 Å². The average molecular weight is 597 g/mol. The molecule has 0 bridgehead atoms. The summed E-state index contributed by atoms with van der Waals surface area (Å²) in [6.45, 7) is 3.38. The number of hydrogen-bond donors (Lipinski definition) is 2. The maximum Gasteiger partial charge on any atom is 0.339 e. The molecule has 3 aromatic carbocycles. The number of fused-ring (bicyclic) bond motifs is 3. The lowest BCUT2D eigenvalue weighted by molar-refractivity contribution is -0.272. The van der Waals surface area contributed by atoms with Crippen molar-refractivity contribution < 1.29 is 57.7 Å². The number of rotatable bonds is 8. The second-order valence-electron chi connectivity index (χ2n) is 10.5. The van der Waals surface area contributed by atoms with Crippen molar-refractivity contribution in [1.82, 2.24) is 0 Å². The van der Waals surface area contributed by atoms with E-state index in [1.807, 2.05) is 13.0 Å². The van der Waals surface area contributed by atoms with Gasteiger partial charge in [0.05, 0.1) is 25.9 Å². The Labute approximate surface area is 246 Å². The van der Waals surface area contributed by atoms with Gasteiger partial charge >= 0.3 is 11.9 Å². The zero-order chi connectivity index (χ0) is 30.4. The summed E-state index contributed by atoms with van der Waals surface area (Å²) in [6.07, 6.45) is -5.70. The third-order valence-electron chi connectivity index (χ3n) is 7.81. The van der Waals surface area contributed by atoms with Crippen molar-refractivity contribution in [2.75, 3.05) is 21.0 Å². The molecule has 1 unspecified atom stereocenters. The number of cyclic esters (lactones) is 1. The van der Waals surface area contributed by atoms with E-state index in [4.69, 9.17) is 37.9 Å². The first-order chi connectivity index (χ1) is 20.7. The molecule has 0 aromatic heterocycles. The highest BCUT2D eigenvalue weighted by atomic mass is 16.7. The Kier molecular flexibility index (Phi) is 7.67. The predicted octanol–water partition coefficient (Wildman–Crippen LogP) is 3.48. The summed E-state index contributed by atoms with van der Waals surface area (Å²) in [5.74, 6) is 0.984. The normalized spacial score (nSPS) is 24.0. The van der Waals surface area contributed by atoms with E-state index >= 15 is 0 Å². The van der Waals surface area contributed by atoms with Gasteiger partial charge in [-0.2, -0.15) is 0 Å². The van der Waals surface area contributed by atoms with Crippen molar-refractivity contribution in [3.05, 3.63) is 41.5 Å². The van der Waals surface area contributed by atoms with Crippen molar-refractivity contribution in [3.63, 3.8) is 0 Å². The third kappa shape index (κ3) is 4.94. The Balaban J connectivity index is 1.52. The Hall–Kier alpha value is -4.26. The molecule has 228 valence electrons. The van der Waals surface area contributed by atoms with Crippen molar-refractivity contribution in [1.29, 1.82) is 0 Å². The lowest BCUT2D eigenvalue weighted by Crippen LogP contribution is -2.59. The Morgan fingerprint density at radius 2 is 1.67 bits per heavy atom. The van der Waals surface area contributed by atoms with Crippen LogP contribution in [0.5, 0.6) is 28.7 Å². The SMILES string of the molecule is CCCC(=O)O[C@H]1[C@H](O)[C@@H](C)OC(Oc2c3c(c(-c4ccc5c(c4)OCO5)c4cc(OC)c(OC)cc24)C(=O)OC3)[C@@H]1O. The molecular formula is C31H32O12. The summed E-state index contributed by atoms with van der Waals surface area (Å²) in [4.78, 5) is 25.6. The predicted molar refractivity (Wildman–Crippen MR) is 149 cm³/mol. The van der Waals surface area contributed by atoms with Crippen molar-refractivity contribution in [2.24, 2.45) is 0 Å². The molecule has 5 atom stereocenters. The van der Waals surface area contributed by atoms with Gasteiger partial charge in [-0.15, -0.1) is 0 Å². The van der Waals surface area contributed by atoms with Crippen LogP contribution in [-0.2, 0) is 25.6 Å². The number of methoxy groups -OCH3 is 2. The number of esters is 2.